The number of alkyl halides is 3. The molecule has 0 radical (unpaired) electrons. The van der Waals surface area contributed by atoms with E-state index in [9.17, 15) is 18.3 Å². The van der Waals surface area contributed by atoms with Gasteiger partial charge in [0.15, 0.2) is 6.10 Å². The van der Waals surface area contributed by atoms with Gasteiger partial charge in [-0.15, -0.1) is 0 Å². The van der Waals surface area contributed by atoms with Gasteiger partial charge in [-0.1, -0.05) is 11.6 Å². The van der Waals surface area contributed by atoms with E-state index in [0.29, 0.717) is 5.56 Å². The molecule has 92 valence electrons. The lowest BCUT2D eigenvalue weighted by atomic mass is 9.99. The highest BCUT2D eigenvalue weighted by Gasteiger charge is 2.32. The second-order valence-corrected chi connectivity index (χ2v) is 3.65. The highest BCUT2D eigenvalue weighted by Crippen LogP contribution is 2.32. The summed E-state index contributed by atoms with van der Waals surface area (Å²) in [5.41, 5.74) is -0.762. The molecule has 1 aromatic rings. The van der Waals surface area contributed by atoms with Crippen LogP contribution in [-0.2, 0) is 6.18 Å². The van der Waals surface area contributed by atoms with Crippen LogP contribution in [0.4, 0.5) is 13.2 Å². The third-order valence-electron chi connectivity index (χ3n) is 2.20. The second kappa shape index (κ2) is 4.73. The molecule has 0 amide bonds. The van der Waals surface area contributed by atoms with Gasteiger partial charge >= 0.3 is 6.18 Å². The van der Waals surface area contributed by atoms with Crippen LogP contribution >= 0.6 is 0 Å². The molecule has 0 aliphatic rings. The van der Waals surface area contributed by atoms with Gasteiger partial charge in [0.25, 0.3) is 0 Å². The molecule has 0 aliphatic carbocycles. The number of hydrogen-bond acceptors (Lipinski definition) is 3. The number of nitriles is 1. The molecular formula is C11H10F3NO2. The summed E-state index contributed by atoms with van der Waals surface area (Å²) in [5.74, 6) is 0. The third-order valence-corrected chi connectivity index (χ3v) is 2.20. The maximum absolute atomic E-state index is 12.5. The first-order valence-electron chi connectivity index (χ1n) is 4.70. The minimum atomic E-state index is -4.53. The van der Waals surface area contributed by atoms with Crippen LogP contribution in [0.1, 0.15) is 22.8 Å². The Morgan fingerprint density at radius 1 is 1.24 bits per heavy atom. The van der Waals surface area contributed by atoms with Gasteiger partial charge in [-0.2, -0.15) is 18.4 Å². The number of benzene rings is 1. The van der Waals surface area contributed by atoms with Crippen molar-refractivity contribution in [3.8, 4) is 6.07 Å². The first-order valence-corrected chi connectivity index (χ1v) is 4.70. The van der Waals surface area contributed by atoms with Gasteiger partial charge in [0.1, 0.15) is 6.10 Å². The molecule has 3 nitrogen and oxygen atoms in total. The fourth-order valence-electron chi connectivity index (χ4n) is 1.40. The van der Waals surface area contributed by atoms with Crippen molar-refractivity contribution < 1.29 is 23.4 Å². The SMILES string of the molecule is Cc1cc(C(O)C(O)C#N)cc(C(F)(F)F)c1. The Morgan fingerprint density at radius 2 is 1.82 bits per heavy atom. The summed E-state index contributed by atoms with van der Waals surface area (Å²) in [7, 11) is 0. The molecule has 0 fully saturated rings. The normalized spacial score (nSPS) is 15.1. The number of aryl methyl sites for hydroxylation is 1. The summed E-state index contributed by atoms with van der Waals surface area (Å²) < 4.78 is 37.5. The second-order valence-electron chi connectivity index (χ2n) is 3.65. The molecule has 2 atom stereocenters. The molecule has 6 heteroatoms. The van der Waals surface area contributed by atoms with Crippen LogP contribution in [0.5, 0.6) is 0 Å². The van der Waals surface area contributed by atoms with Crippen molar-refractivity contribution in [2.45, 2.75) is 25.3 Å². The molecule has 17 heavy (non-hydrogen) atoms. The number of aliphatic hydroxyl groups is 2. The van der Waals surface area contributed by atoms with E-state index in [4.69, 9.17) is 10.4 Å². The Bertz CT molecular complexity index is 451. The van der Waals surface area contributed by atoms with Gasteiger partial charge in [0.05, 0.1) is 11.6 Å². The van der Waals surface area contributed by atoms with E-state index in [-0.39, 0.29) is 5.56 Å². The molecule has 0 spiro atoms. The number of rotatable bonds is 2. The van der Waals surface area contributed by atoms with Crippen molar-refractivity contribution in [3.63, 3.8) is 0 Å². The number of halogens is 3. The predicted octanol–water partition coefficient (Wildman–Crippen LogP) is 1.93. The zero-order valence-electron chi connectivity index (χ0n) is 8.86. The number of hydrogen-bond donors (Lipinski definition) is 2. The van der Waals surface area contributed by atoms with E-state index in [2.05, 4.69) is 0 Å². The monoisotopic (exact) mass is 245 g/mol. The van der Waals surface area contributed by atoms with E-state index in [0.717, 1.165) is 12.1 Å². The minimum absolute atomic E-state index is 0.133. The van der Waals surface area contributed by atoms with E-state index in [1.54, 1.807) is 0 Å². The van der Waals surface area contributed by atoms with Crippen molar-refractivity contribution >= 4 is 0 Å². The summed E-state index contributed by atoms with van der Waals surface area (Å²) in [6, 6.07) is 4.30. The Labute approximate surface area is 95.7 Å². The van der Waals surface area contributed by atoms with Crippen LogP contribution in [0.25, 0.3) is 0 Å². The molecule has 1 rings (SSSR count). The highest BCUT2D eigenvalue weighted by atomic mass is 19.4. The quantitative estimate of drug-likeness (QED) is 0.782. The third kappa shape index (κ3) is 3.19. The van der Waals surface area contributed by atoms with Crippen LogP contribution in [0, 0.1) is 18.3 Å². The Balaban J connectivity index is 3.19. The molecule has 0 saturated carbocycles. The number of aliphatic hydroxyl groups excluding tert-OH is 2. The molecule has 0 aromatic heterocycles. The van der Waals surface area contributed by atoms with Crippen LogP contribution in [0.3, 0.4) is 0 Å². The zero-order valence-corrected chi connectivity index (χ0v) is 8.86. The van der Waals surface area contributed by atoms with E-state index < -0.39 is 23.9 Å². The molecule has 0 saturated heterocycles. The van der Waals surface area contributed by atoms with Crippen molar-refractivity contribution in [3.05, 3.63) is 34.9 Å². The maximum atomic E-state index is 12.5. The Morgan fingerprint density at radius 3 is 2.29 bits per heavy atom. The van der Waals surface area contributed by atoms with Crippen molar-refractivity contribution in [2.75, 3.05) is 0 Å². The maximum Gasteiger partial charge on any atom is 0.416 e. The van der Waals surface area contributed by atoms with Gasteiger partial charge in [0.2, 0.25) is 0 Å². The topological polar surface area (TPSA) is 64.2 Å². The fourth-order valence-corrected chi connectivity index (χ4v) is 1.40. The molecular weight excluding hydrogens is 235 g/mol. The standard InChI is InChI=1S/C11H10F3NO2/c1-6-2-7(10(17)9(16)5-15)4-8(3-6)11(12,13)14/h2-4,9-10,16-17H,1H3. The summed E-state index contributed by atoms with van der Waals surface area (Å²) in [6.45, 7) is 1.43. The van der Waals surface area contributed by atoms with E-state index in [1.807, 2.05) is 0 Å². The molecule has 0 bridgehead atoms. The lowest BCUT2D eigenvalue weighted by molar-refractivity contribution is -0.137. The van der Waals surface area contributed by atoms with Gasteiger partial charge in [-0.25, -0.2) is 0 Å². The molecule has 1 aromatic carbocycles. The van der Waals surface area contributed by atoms with Gasteiger partial charge in [-0.3, -0.25) is 0 Å². The van der Waals surface area contributed by atoms with Crippen molar-refractivity contribution in [1.29, 1.82) is 5.26 Å². The molecule has 2 N–H and O–H groups in total. The Kier molecular flexibility index (Phi) is 3.76. The van der Waals surface area contributed by atoms with Crippen molar-refractivity contribution in [1.82, 2.24) is 0 Å². The van der Waals surface area contributed by atoms with Gasteiger partial charge in [0, 0.05) is 0 Å². The molecule has 2 unspecified atom stereocenters. The fraction of sp³-hybridized carbons (Fsp3) is 0.364. The number of nitrogens with zero attached hydrogens (tertiary/aromatic N) is 1. The first-order chi connectivity index (χ1) is 7.75. The summed E-state index contributed by atoms with van der Waals surface area (Å²) in [4.78, 5) is 0. The minimum Gasteiger partial charge on any atom is -0.385 e. The lowest BCUT2D eigenvalue weighted by Crippen LogP contribution is -2.17. The van der Waals surface area contributed by atoms with Crippen LogP contribution in [0.2, 0.25) is 0 Å². The zero-order chi connectivity index (χ0) is 13.2. The van der Waals surface area contributed by atoms with Gasteiger partial charge in [-0.05, 0) is 24.6 Å². The summed E-state index contributed by atoms with van der Waals surface area (Å²) in [6.07, 6.45) is -7.93. The summed E-state index contributed by atoms with van der Waals surface area (Å²) >= 11 is 0. The highest BCUT2D eigenvalue weighted by molar-refractivity contribution is 5.33. The average Bonchev–Trinajstić information content (AvgIpc) is 2.25. The van der Waals surface area contributed by atoms with E-state index >= 15 is 0 Å². The molecule has 0 heterocycles. The molecule has 0 aliphatic heterocycles. The summed E-state index contributed by atoms with van der Waals surface area (Å²) in [5, 5.41) is 26.9. The lowest BCUT2D eigenvalue weighted by Gasteiger charge is -2.15. The van der Waals surface area contributed by atoms with Crippen LogP contribution < -0.4 is 0 Å². The Hall–Kier alpha value is -1.58. The van der Waals surface area contributed by atoms with Gasteiger partial charge < -0.3 is 10.2 Å². The smallest absolute Gasteiger partial charge is 0.385 e. The predicted molar refractivity (Wildman–Crippen MR) is 52.8 cm³/mol. The van der Waals surface area contributed by atoms with Crippen LogP contribution in [0.15, 0.2) is 18.2 Å². The average molecular weight is 245 g/mol. The first kappa shape index (κ1) is 13.5. The van der Waals surface area contributed by atoms with Crippen LogP contribution in [-0.4, -0.2) is 16.3 Å². The largest absolute Gasteiger partial charge is 0.416 e. The van der Waals surface area contributed by atoms with E-state index in [1.165, 1.54) is 19.1 Å². The van der Waals surface area contributed by atoms with Crippen molar-refractivity contribution in [2.24, 2.45) is 0 Å².